The third-order valence-corrected chi connectivity index (χ3v) is 7.82. The van der Waals surface area contributed by atoms with Crippen LogP contribution in [0.25, 0.3) is 0 Å². The maximum atomic E-state index is 13.6. The van der Waals surface area contributed by atoms with E-state index in [0.717, 1.165) is 80.3 Å². The fourth-order valence-electron chi connectivity index (χ4n) is 7.05. The van der Waals surface area contributed by atoms with Crippen LogP contribution in [0.5, 0.6) is 0 Å². The van der Waals surface area contributed by atoms with Crippen LogP contribution < -0.4 is 4.90 Å². The number of nitrogens with zero attached hydrogens (tertiary/aromatic N) is 4. The lowest BCUT2D eigenvalue weighted by atomic mass is 9.49. The molecule has 2 heterocycles. The second kappa shape index (κ2) is 6.47. The average Bonchev–Trinajstić information content (AvgIpc) is 2.66. The van der Waals surface area contributed by atoms with Crippen molar-refractivity contribution in [2.45, 2.75) is 52.4 Å². The van der Waals surface area contributed by atoms with Gasteiger partial charge < -0.3 is 9.80 Å². The Morgan fingerprint density at radius 3 is 2.18 bits per heavy atom. The van der Waals surface area contributed by atoms with Crippen molar-refractivity contribution in [1.82, 2.24) is 9.88 Å². The van der Waals surface area contributed by atoms with Gasteiger partial charge in [0.15, 0.2) is 0 Å². The molecule has 1 aliphatic heterocycles. The van der Waals surface area contributed by atoms with Crippen LogP contribution in [0, 0.1) is 48.3 Å². The molecule has 4 bridgehead atoms. The minimum atomic E-state index is -0.0431. The number of aromatic nitrogens is 1. The maximum absolute atomic E-state index is 13.6. The quantitative estimate of drug-likeness (QED) is 0.791. The van der Waals surface area contributed by atoms with E-state index in [9.17, 15) is 10.1 Å². The van der Waals surface area contributed by atoms with E-state index in [1.807, 2.05) is 19.9 Å². The van der Waals surface area contributed by atoms with Crippen LogP contribution >= 0.6 is 0 Å². The summed E-state index contributed by atoms with van der Waals surface area (Å²) in [6.07, 6.45) is 7.53. The highest BCUT2D eigenvalue weighted by Crippen LogP contribution is 2.60. The molecule has 5 fully saturated rings. The Hall–Kier alpha value is -2.09. The highest BCUT2D eigenvalue weighted by Gasteiger charge is 2.55. The second-order valence-electron chi connectivity index (χ2n) is 9.83. The molecule has 5 nitrogen and oxygen atoms in total. The van der Waals surface area contributed by atoms with Crippen LogP contribution in [0.3, 0.4) is 0 Å². The molecule has 0 N–H and O–H groups in total. The van der Waals surface area contributed by atoms with Crippen LogP contribution in [0.2, 0.25) is 0 Å². The highest BCUT2D eigenvalue weighted by molar-refractivity contribution is 5.83. The van der Waals surface area contributed by atoms with Crippen LogP contribution in [0.15, 0.2) is 6.07 Å². The molecule has 5 aliphatic rings. The molecule has 1 amide bonds. The summed E-state index contributed by atoms with van der Waals surface area (Å²) in [6.45, 7) is 7.02. The monoisotopic (exact) mass is 378 g/mol. The standard InChI is InChI=1S/C23H30N4O/c1-15-7-21(20(14-24)16(2)25-15)26-3-5-27(6-4-26)22(28)23-11-17-8-18(12-23)10-19(9-17)13-23/h7,17-19H,3-6,8-13H2,1-2H3. The number of hydrogen-bond acceptors (Lipinski definition) is 4. The first-order valence-corrected chi connectivity index (χ1v) is 10.9. The highest BCUT2D eigenvalue weighted by atomic mass is 16.2. The number of rotatable bonds is 2. The lowest BCUT2D eigenvalue weighted by Crippen LogP contribution is -2.58. The third-order valence-electron chi connectivity index (χ3n) is 7.82. The van der Waals surface area contributed by atoms with Crippen LogP contribution in [-0.4, -0.2) is 42.0 Å². The smallest absolute Gasteiger partial charge is 0.228 e. The molecule has 0 atom stereocenters. The molecule has 4 aliphatic carbocycles. The average molecular weight is 379 g/mol. The molecule has 1 aromatic rings. The van der Waals surface area contributed by atoms with E-state index in [4.69, 9.17) is 0 Å². The number of anilines is 1. The summed E-state index contributed by atoms with van der Waals surface area (Å²) in [6, 6.07) is 4.34. The van der Waals surface area contributed by atoms with Gasteiger partial charge in [-0.2, -0.15) is 5.26 Å². The van der Waals surface area contributed by atoms with Crippen LogP contribution in [0.1, 0.15) is 55.5 Å². The predicted molar refractivity (Wildman–Crippen MR) is 108 cm³/mol. The zero-order chi connectivity index (χ0) is 19.5. The first-order valence-electron chi connectivity index (χ1n) is 10.9. The van der Waals surface area contributed by atoms with Gasteiger partial charge in [0.1, 0.15) is 6.07 Å². The van der Waals surface area contributed by atoms with Gasteiger partial charge >= 0.3 is 0 Å². The molecular formula is C23H30N4O. The molecule has 0 spiro atoms. The second-order valence-corrected chi connectivity index (χ2v) is 9.83. The van der Waals surface area contributed by atoms with E-state index in [-0.39, 0.29) is 5.41 Å². The summed E-state index contributed by atoms with van der Waals surface area (Å²) >= 11 is 0. The van der Waals surface area contributed by atoms with Crippen molar-refractivity contribution in [2.75, 3.05) is 31.1 Å². The molecule has 0 radical (unpaired) electrons. The number of nitriles is 1. The minimum Gasteiger partial charge on any atom is -0.367 e. The molecule has 1 aromatic heterocycles. The van der Waals surface area contributed by atoms with E-state index in [1.165, 1.54) is 19.3 Å². The Morgan fingerprint density at radius 1 is 1.07 bits per heavy atom. The number of aryl methyl sites for hydroxylation is 2. The van der Waals surface area contributed by atoms with Gasteiger partial charge in [-0.25, -0.2) is 0 Å². The number of hydrogen-bond donors (Lipinski definition) is 0. The number of carbonyl (C=O) groups is 1. The van der Waals surface area contributed by atoms with E-state index in [2.05, 4.69) is 20.9 Å². The van der Waals surface area contributed by atoms with Gasteiger partial charge in [-0.15, -0.1) is 0 Å². The number of carbonyl (C=O) groups excluding carboxylic acids is 1. The predicted octanol–water partition coefficient (Wildman–Crippen LogP) is 3.44. The Bertz CT molecular complexity index is 812. The molecule has 4 saturated carbocycles. The van der Waals surface area contributed by atoms with E-state index >= 15 is 0 Å². The van der Waals surface area contributed by atoms with Gasteiger partial charge in [-0.1, -0.05) is 0 Å². The lowest BCUT2D eigenvalue weighted by Gasteiger charge is -2.57. The molecule has 1 saturated heterocycles. The van der Waals surface area contributed by atoms with Crippen molar-refractivity contribution in [3.05, 3.63) is 23.0 Å². The van der Waals surface area contributed by atoms with Gasteiger partial charge in [0, 0.05) is 31.9 Å². The summed E-state index contributed by atoms with van der Waals surface area (Å²) in [7, 11) is 0. The third kappa shape index (κ3) is 2.80. The van der Waals surface area contributed by atoms with Crippen molar-refractivity contribution in [2.24, 2.45) is 23.2 Å². The first-order chi connectivity index (χ1) is 13.5. The summed E-state index contributed by atoms with van der Waals surface area (Å²) in [5, 5.41) is 9.58. The molecular weight excluding hydrogens is 348 g/mol. The van der Waals surface area contributed by atoms with Gasteiger partial charge in [0.25, 0.3) is 0 Å². The lowest BCUT2D eigenvalue weighted by molar-refractivity contribution is -0.158. The number of amides is 1. The molecule has 0 unspecified atom stereocenters. The van der Waals surface area contributed by atoms with E-state index < -0.39 is 0 Å². The Labute approximate surface area is 167 Å². The Balaban J connectivity index is 1.31. The molecule has 5 heteroatoms. The zero-order valence-electron chi connectivity index (χ0n) is 17.1. The SMILES string of the molecule is Cc1cc(N2CCN(C(=O)C34CC5CC(CC(C5)C3)C4)CC2)c(C#N)c(C)n1. The number of pyridine rings is 1. The van der Waals surface area contributed by atoms with Gasteiger partial charge in [-0.05, 0) is 76.2 Å². The summed E-state index contributed by atoms with van der Waals surface area (Å²) in [5.74, 6) is 2.85. The molecule has 148 valence electrons. The van der Waals surface area contributed by atoms with Gasteiger partial charge in [0.2, 0.25) is 5.91 Å². The van der Waals surface area contributed by atoms with Crippen LogP contribution in [-0.2, 0) is 4.79 Å². The van der Waals surface area contributed by atoms with E-state index in [1.54, 1.807) is 0 Å². The summed E-state index contributed by atoms with van der Waals surface area (Å²) in [5.41, 5.74) is 3.35. The fraction of sp³-hybridized carbons (Fsp3) is 0.696. The number of piperazine rings is 1. The molecule has 0 aromatic carbocycles. The zero-order valence-corrected chi connectivity index (χ0v) is 17.1. The Kier molecular flexibility index (Phi) is 4.15. The summed E-state index contributed by atoms with van der Waals surface area (Å²) < 4.78 is 0. The Morgan fingerprint density at radius 2 is 1.64 bits per heavy atom. The van der Waals surface area contributed by atoms with E-state index in [0.29, 0.717) is 11.5 Å². The van der Waals surface area contributed by atoms with Crippen molar-refractivity contribution in [3.8, 4) is 6.07 Å². The van der Waals surface area contributed by atoms with Crippen molar-refractivity contribution < 1.29 is 4.79 Å². The summed E-state index contributed by atoms with van der Waals surface area (Å²) in [4.78, 5) is 22.4. The van der Waals surface area contributed by atoms with Crippen molar-refractivity contribution in [1.29, 1.82) is 5.26 Å². The van der Waals surface area contributed by atoms with Crippen LogP contribution in [0.4, 0.5) is 5.69 Å². The topological polar surface area (TPSA) is 60.2 Å². The molecule has 28 heavy (non-hydrogen) atoms. The maximum Gasteiger partial charge on any atom is 0.228 e. The van der Waals surface area contributed by atoms with Crippen molar-refractivity contribution >= 4 is 11.6 Å². The minimum absolute atomic E-state index is 0.0431. The fourth-order valence-corrected chi connectivity index (χ4v) is 7.05. The normalized spacial score (nSPS) is 33.8. The van der Waals surface area contributed by atoms with Crippen molar-refractivity contribution in [3.63, 3.8) is 0 Å². The molecule has 6 rings (SSSR count). The largest absolute Gasteiger partial charge is 0.367 e. The van der Waals surface area contributed by atoms with Gasteiger partial charge in [0.05, 0.1) is 22.4 Å². The van der Waals surface area contributed by atoms with Gasteiger partial charge in [-0.3, -0.25) is 9.78 Å². The first kappa shape index (κ1) is 18.0.